The summed E-state index contributed by atoms with van der Waals surface area (Å²) in [4.78, 5) is 14.4. The first kappa shape index (κ1) is 13.2. The van der Waals surface area contributed by atoms with E-state index in [1.54, 1.807) is 19.2 Å². The Labute approximate surface area is 118 Å². The van der Waals surface area contributed by atoms with Crippen LogP contribution in [0.3, 0.4) is 0 Å². The average Bonchev–Trinajstić information content (AvgIpc) is 2.94. The molecular formula is C15H20N2O3. The minimum atomic E-state index is -0.105. The Kier molecular flexibility index (Phi) is 3.53. The average molecular weight is 276 g/mol. The number of fused-ring (bicyclic) bond motifs is 1. The monoisotopic (exact) mass is 276 g/mol. The van der Waals surface area contributed by atoms with Gasteiger partial charge in [-0.2, -0.15) is 0 Å². The highest BCUT2D eigenvalue weighted by molar-refractivity contribution is 5.97. The Morgan fingerprint density at radius 2 is 2.20 bits per heavy atom. The summed E-state index contributed by atoms with van der Waals surface area (Å²) in [7, 11) is 1.55. The topological polar surface area (TPSA) is 61.8 Å². The highest BCUT2D eigenvalue weighted by Gasteiger charge is 2.35. The molecular weight excluding hydrogens is 256 g/mol. The van der Waals surface area contributed by atoms with Crippen molar-refractivity contribution in [1.29, 1.82) is 0 Å². The standard InChI is InChI=1S/C15H20N2O3/c1-20-12-2-3-14(18)13(6-12)15(19)17-5-4-10-7-16-8-11(10)9-17/h2-3,6,10-11,16,18H,4-5,7-9H2,1H3. The van der Waals surface area contributed by atoms with E-state index in [1.165, 1.54) is 6.07 Å². The second-order valence-electron chi connectivity index (χ2n) is 5.60. The number of carbonyl (C=O) groups excluding carboxylic acids is 1. The number of phenols is 1. The number of carbonyl (C=O) groups is 1. The van der Waals surface area contributed by atoms with Gasteiger partial charge in [-0.05, 0) is 49.5 Å². The molecule has 2 aliphatic rings. The van der Waals surface area contributed by atoms with Gasteiger partial charge in [0.15, 0.2) is 0 Å². The van der Waals surface area contributed by atoms with Gasteiger partial charge in [0, 0.05) is 13.1 Å². The maximum absolute atomic E-state index is 12.6. The van der Waals surface area contributed by atoms with Gasteiger partial charge >= 0.3 is 0 Å². The van der Waals surface area contributed by atoms with Crippen LogP contribution in [0, 0.1) is 11.8 Å². The van der Waals surface area contributed by atoms with Crippen molar-refractivity contribution in [3.8, 4) is 11.5 Å². The first-order valence-corrected chi connectivity index (χ1v) is 7.06. The third-order valence-corrected chi connectivity index (χ3v) is 4.43. The first-order valence-electron chi connectivity index (χ1n) is 7.06. The van der Waals surface area contributed by atoms with Crippen LogP contribution in [-0.4, -0.2) is 49.2 Å². The molecule has 2 saturated heterocycles. The molecule has 5 nitrogen and oxygen atoms in total. The third-order valence-electron chi connectivity index (χ3n) is 4.43. The maximum atomic E-state index is 12.6. The number of phenolic OH excluding ortho intramolecular Hbond substituents is 1. The highest BCUT2D eigenvalue weighted by Crippen LogP contribution is 2.30. The number of hydrogen-bond acceptors (Lipinski definition) is 4. The molecule has 20 heavy (non-hydrogen) atoms. The summed E-state index contributed by atoms with van der Waals surface area (Å²) in [6.07, 6.45) is 1.04. The largest absolute Gasteiger partial charge is 0.507 e. The molecule has 2 N–H and O–H groups in total. The number of hydrogen-bond donors (Lipinski definition) is 2. The van der Waals surface area contributed by atoms with E-state index in [9.17, 15) is 9.90 Å². The van der Waals surface area contributed by atoms with Gasteiger partial charge in [-0.15, -0.1) is 0 Å². The number of methoxy groups -OCH3 is 1. The van der Waals surface area contributed by atoms with E-state index in [0.29, 0.717) is 23.1 Å². The second-order valence-corrected chi connectivity index (χ2v) is 5.60. The molecule has 2 fully saturated rings. The van der Waals surface area contributed by atoms with Crippen molar-refractivity contribution in [2.45, 2.75) is 6.42 Å². The predicted molar refractivity (Wildman–Crippen MR) is 75.0 cm³/mol. The molecule has 2 unspecified atom stereocenters. The van der Waals surface area contributed by atoms with E-state index < -0.39 is 0 Å². The summed E-state index contributed by atoms with van der Waals surface area (Å²) in [5.41, 5.74) is 0.328. The lowest BCUT2D eigenvalue weighted by Crippen LogP contribution is -2.43. The molecule has 1 aromatic carbocycles. The zero-order chi connectivity index (χ0) is 14.1. The first-order chi connectivity index (χ1) is 9.69. The molecule has 0 saturated carbocycles. The number of aromatic hydroxyl groups is 1. The number of ether oxygens (including phenoxy) is 1. The molecule has 0 bridgehead atoms. The van der Waals surface area contributed by atoms with E-state index in [1.807, 2.05) is 4.90 Å². The fraction of sp³-hybridized carbons (Fsp3) is 0.533. The summed E-state index contributed by atoms with van der Waals surface area (Å²) in [6.45, 7) is 3.58. The van der Waals surface area contributed by atoms with Gasteiger partial charge in [0.2, 0.25) is 0 Å². The van der Waals surface area contributed by atoms with Crippen molar-refractivity contribution < 1.29 is 14.6 Å². The molecule has 2 aliphatic heterocycles. The molecule has 0 aromatic heterocycles. The fourth-order valence-electron chi connectivity index (χ4n) is 3.20. The molecule has 0 radical (unpaired) electrons. The molecule has 1 amide bonds. The molecule has 108 valence electrons. The SMILES string of the molecule is COc1ccc(O)c(C(=O)N2CCC3CNCC3C2)c1. The van der Waals surface area contributed by atoms with Gasteiger partial charge in [0.25, 0.3) is 5.91 Å². The van der Waals surface area contributed by atoms with Gasteiger partial charge in [0.1, 0.15) is 11.5 Å². The van der Waals surface area contributed by atoms with E-state index in [4.69, 9.17) is 4.74 Å². The van der Waals surface area contributed by atoms with E-state index in [0.717, 1.165) is 32.6 Å². The summed E-state index contributed by atoms with van der Waals surface area (Å²) >= 11 is 0. The molecule has 2 heterocycles. The Balaban J connectivity index is 1.78. The van der Waals surface area contributed by atoms with Crippen LogP contribution in [0.25, 0.3) is 0 Å². The lowest BCUT2D eigenvalue weighted by atomic mass is 9.88. The Bertz CT molecular complexity index is 518. The molecule has 5 heteroatoms. The van der Waals surface area contributed by atoms with Crippen LogP contribution >= 0.6 is 0 Å². The fourth-order valence-corrected chi connectivity index (χ4v) is 3.20. The number of nitrogens with zero attached hydrogens (tertiary/aromatic N) is 1. The van der Waals surface area contributed by atoms with Gasteiger partial charge in [-0.3, -0.25) is 4.79 Å². The minimum absolute atomic E-state index is 0.0162. The van der Waals surface area contributed by atoms with Crippen molar-refractivity contribution in [1.82, 2.24) is 10.2 Å². The number of rotatable bonds is 2. The van der Waals surface area contributed by atoms with Crippen LogP contribution in [0.1, 0.15) is 16.8 Å². The number of nitrogens with one attached hydrogen (secondary N) is 1. The maximum Gasteiger partial charge on any atom is 0.257 e. The van der Waals surface area contributed by atoms with Gasteiger partial charge in [-0.1, -0.05) is 0 Å². The molecule has 0 aliphatic carbocycles. The second kappa shape index (κ2) is 5.32. The van der Waals surface area contributed by atoms with Crippen molar-refractivity contribution in [2.24, 2.45) is 11.8 Å². The number of likely N-dealkylation sites (tertiary alicyclic amines) is 1. The van der Waals surface area contributed by atoms with E-state index >= 15 is 0 Å². The van der Waals surface area contributed by atoms with Gasteiger partial charge < -0.3 is 20.1 Å². The van der Waals surface area contributed by atoms with Crippen molar-refractivity contribution >= 4 is 5.91 Å². The minimum Gasteiger partial charge on any atom is -0.507 e. The normalized spacial score (nSPS) is 25.4. The van der Waals surface area contributed by atoms with Crippen LogP contribution in [-0.2, 0) is 0 Å². The third kappa shape index (κ3) is 2.33. The summed E-state index contributed by atoms with van der Waals surface area (Å²) < 4.78 is 5.12. The van der Waals surface area contributed by atoms with Crippen molar-refractivity contribution in [3.05, 3.63) is 23.8 Å². The smallest absolute Gasteiger partial charge is 0.257 e. The molecule has 0 spiro atoms. The van der Waals surface area contributed by atoms with Gasteiger partial charge in [-0.25, -0.2) is 0 Å². The van der Waals surface area contributed by atoms with Gasteiger partial charge in [0.05, 0.1) is 12.7 Å². The zero-order valence-corrected chi connectivity index (χ0v) is 11.6. The zero-order valence-electron chi connectivity index (χ0n) is 11.6. The Morgan fingerprint density at radius 1 is 1.40 bits per heavy atom. The molecule has 1 aromatic rings. The lowest BCUT2D eigenvalue weighted by molar-refractivity contribution is 0.0639. The van der Waals surface area contributed by atoms with E-state index in [2.05, 4.69) is 5.32 Å². The van der Waals surface area contributed by atoms with Crippen LogP contribution in [0.4, 0.5) is 0 Å². The highest BCUT2D eigenvalue weighted by atomic mass is 16.5. The lowest BCUT2D eigenvalue weighted by Gasteiger charge is -2.34. The summed E-state index contributed by atoms with van der Waals surface area (Å²) in [6, 6.07) is 4.77. The summed E-state index contributed by atoms with van der Waals surface area (Å²) in [5.74, 6) is 1.73. The predicted octanol–water partition coefficient (Wildman–Crippen LogP) is 1.08. The summed E-state index contributed by atoms with van der Waals surface area (Å²) in [5, 5.41) is 13.3. The Hall–Kier alpha value is -1.75. The number of piperidine rings is 1. The molecule has 2 atom stereocenters. The number of benzene rings is 1. The Morgan fingerprint density at radius 3 is 3.00 bits per heavy atom. The van der Waals surface area contributed by atoms with Crippen molar-refractivity contribution in [2.75, 3.05) is 33.3 Å². The van der Waals surface area contributed by atoms with E-state index in [-0.39, 0.29) is 11.7 Å². The molecule has 3 rings (SSSR count). The van der Waals surface area contributed by atoms with Crippen LogP contribution in [0.2, 0.25) is 0 Å². The number of amides is 1. The van der Waals surface area contributed by atoms with Crippen LogP contribution < -0.4 is 10.1 Å². The van der Waals surface area contributed by atoms with Crippen molar-refractivity contribution in [3.63, 3.8) is 0 Å². The quantitative estimate of drug-likeness (QED) is 0.848. The van der Waals surface area contributed by atoms with Crippen LogP contribution in [0.5, 0.6) is 11.5 Å². The van der Waals surface area contributed by atoms with Crippen LogP contribution in [0.15, 0.2) is 18.2 Å².